The van der Waals surface area contributed by atoms with Crippen molar-refractivity contribution >= 4 is 24.5 Å². The molecule has 2 fully saturated rings. The number of hydrogen-bond donors (Lipinski definition) is 2. The van der Waals surface area contributed by atoms with Crippen molar-refractivity contribution in [2.45, 2.75) is 44.8 Å². The van der Waals surface area contributed by atoms with E-state index in [0.717, 1.165) is 31.5 Å². The lowest BCUT2D eigenvalue weighted by Gasteiger charge is -2.33. The molecule has 7 heteroatoms. The maximum atomic E-state index is 12.7. The molecule has 0 saturated carbocycles. The van der Waals surface area contributed by atoms with Crippen molar-refractivity contribution in [3.63, 3.8) is 0 Å². The van der Waals surface area contributed by atoms with E-state index in [9.17, 15) is 14.7 Å². The minimum atomic E-state index is -1.16. The molecule has 2 saturated heterocycles. The first-order valence-corrected chi connectivity index (χ1v) is 8.94. The van der Waals surface area contributed by atoms with Crippen LogP contribution < -0.4 is 5.32 Å². The second kappa shape index (κ2) is 8.27. The highest BCUT2D eigenvalue weighted by molar-refractivity contribution is 5.86. The van der Waals surface area contributed by atoms with Crippen LogP contribution in [0.4, 0.5) is 4.79 Å². The van der Waals surface area contributed by atoms with E-state index < -0.39 is 17.6 Å². The molecular weight excluding hydrogens is 356 g/mol. The molecule has 6 nitrogen and oxygen atoms in total. The van der Waals surface area contributed by atoms with E-state index in [0.29, 0.717) is 19.4 Å². The molecule has 2 aliphatic rings. The number of rotatable bonds is 4. The maximum Gasteiger partial charge on any atom is 0.411 e. The number of carbonyl (C=O) groups excluding carboxylic acids is 1. The molecule has 1 spiro atoms. The van der Waals surface area contributed by atoms with Gasteiger partial charge in [0.15, 0.2) is 0 Å². The number of nitrogens with zero attached hydrogens (tertiary/aromatic N) is 1. The predicted molar refractivity (Wildman–Crippen MR) is 100 cm³/mol. The summed E-state index contributed by atoms with van der Waals surface area (Å²) in [5.41, 5.74) is -0.389. The number of carboxylic acid groups (broad SMARTS) is 1. The van der Waals surface area contributed by atoms with Crippen LogP contribution in [0.25, 0.3) is 0 Å². The van der Waals surface area contributed by atoms with Crippen LogP contribution in [0.5, 0.6) is 0 Å². The Balaban J connectivity index is 0.00000243. The van der Waals surface area contributed by atoms with Crippen molar-refractivity contribution in [1.29, 1.82) is 0 Å². The Morgan fingerprint density at radius 2 is 1.88 bits per heavy atom. The number of nitrogens with one attached hydrogen (secondary N) is 1. The molecule has 1 aromatic rings. The molecule has 1 amide bonds. The predicted octanol–water partition coefficient (Wildman–Crippen LogP) is 3.05. The Labute approximate surface area is 160 Å². The van der Waals surface area contributed by atoms with Crippen LogP contribution in [0.3, 0.4) is 0 Å². The summed E-state index contributed by atoms with van der Waals surface area (Å²) in [5, 5.41) is 13.2. The summed E-state index contributed by atoms with van der Waals surface area (Å²) in [7, 11) is 0. The van der Waals surface area contributed by atoms with Gasteiger partial charge >= 0.3 is 12.1 Å². The van der Waals surface area contributed by atoms with Crippen LogP contribution in [0, 0.1) is 5.41 Å². The van der Waals surface area contributed by atoms with Crippen molar-refractivity contribution < 1.29 is 19.4 Å². The summed E-state index contributed by atoms with van der Waals surface area (Å²) in [5.74, 6) is -0.929. The summed E-state index contributed by atoms with van der Waals surface area (Å²) < 4.78 is 5.46. The second-order valence-corrected chi connectivity index (χ2v) is 7.24. The molecule has 144 valence electrons. The van der Waals surface area contributed by atoms with Gasteiger partial charge in [0.05, 0.1) is 0 Å². The van der Waals surface area contributed by atoms with Gasteiger partial charge in [-0.3, -0.25) is 4.90 Å². The number of carboxylic acids is 1. The van der Waals surface area contributed by atoms with E-state index in [-0.39, 0.29) is 24.4 Å². The van der Waals surface area contributed by atoms with Crippen molar-refractivity contribution in [2.24, 2.45) is 5.41 Å². The molecule has 0 aliphatic carbocycles. The van der Waals surface area contributed by atoms with Crippen LogP contribution in [0.1, 0.15) is 38.2 Å². The van der Waals surface area contributed by atoms with Crippen LogP contribution >= 0.6 is 12.4 Å². The number of carbonyl (C=O) groups is 2. The SMILES string of the molecule is CC[C@@]1(C(=O)O)CC2(CCNCC2)CN1C(=O)OCc1ccccc1.Cl. The van der Waals surface area contributed by atoms with E-state index >= 15 is 0 Å². The molecule has 2 heterocycles. The number of likely N-dealkylation sites (tertiary alicyclic amines) is 1. The maximum absolute atomic E-state index is 12.7. The van der Waals surface area contributed by atoms with Gasteiger partial charge in [0.25, 0.3) is 0 Å². The lowest BCUT2D eigenvalue weighted by atomic mass is 9.73. The number of benzene rings is 1. The minimum absolute atomic E-state index is 0. The molecule has 2 aliphatic heterocycles. The minimum Gasteiger partial charge on any atom is -0.479 e. The first-order chi connectivity index (χ1) is 12.0. The fourth-order valence-electron chi connectivity index (χ4n) is 4.25. The lowest BCUT2D eigenvalue weighted by Crippen LogP contribution is -2.52. The third kappa shape index (κ3) is 3.81. The number of piperidine rings is 1. The van der Waals surface area contributed by atoms with Gasteiger partial charge in [-0.25, -0.2) is 9.59 Å². The normalized spacial score (nSPS) is 24.1. The molecule has 2 N–H and O–H groups in total. The topological polar surface area (TPSA) is 78.9 Å². The molecule has 0 bridgehead atoms. The highest BCUT2D eigenvalue weighted by Gasteiger charge is 2.58. The van der Waals surface area contributed by atoms with Crippen LogP contribution in [-0.2, 0) is 16.1 Å². The molecule has 0 unspecified atom stereocenters. The van der Waals surface area contributed by atoms with Crippen LogP contribution in [-0.4, -0.2) is 47.2 Å². The van der Waals surface area contributed by atoms with E-state index in [1.807, 2.05) is 37.3 Å². The van der Waals surface area contributed by atoms with Gasteiger partial charge in [-0.05, 0) is 49.8 Å². The third-order valence-corrected chi connectivity index (χ3v) is 5.75. The van der Waals surface area contributed by atoms with Crippen molar-refractivity contribution in [1.82, 2.24) is 10.2 Å². The summed E-state index contributed by atoms with van der Waals surface area (Å²) in [6, 6.07) is 9.44. The second-order valence-electron chi connectivity index (χ2n) is 7.24. The zero-order chi connectivity index (χ0) is 17.9. The quantitative estimate of drug-likeness (QED) is 0.836. The highest BCUT2D eigenvalue weighted by Crippen LogP contribution is 2.49. The first-order valence-electron chi connectivity index (χ1n) is 8.94. The van der Waals surface area contributed by atoms with Crippen LogP contribution in [0.15, 0.2) is 30.3 Å². The number of amides is 1. The third-order valence-electron chi connectivity index (χ3n) is 5.75. The van der Waals surface area contributed by atoms with Gasteiger partial charge in [0, 0.05) is 6.54 Å². The fourth-order valence-corrected chi connectivity index (χ4v) is 4.25. The van der Waals surface area contributed by atoms with E-state index in [2.05, 4.69) is 5.32 Å². The Morgan fingerprint density at radius 1 is 1.23 bits per heavy atom. The lowest BCUT2D eigenvalue weighted by molar-refractivity contribution is -0.149. The summed E-state index contributed by atoms with van der Waals surface area (Å²) in [6.45, 7) is 4.19. The molecule has 1 atom stereocenters. The summed E-state index contributed by atoms with van der Waals surface area (Å²) in [6.07, 6.45) is 2.16. The van der Waals surface area contributed by atoms with Gasteiger partial charge in [-0.1, -0.05) is 37.3 Å². The van der Waals surface area contributed by atoms with E-state index in [4.69, 9.17) is 4.74 Å². The molecular formula is C19H27ClN2O4. The molecule has 0 radical (unpaired) electrons. The van der Waals surface area contributed by atoms with Crippen LogP contribution in [0.2, 0.25) is 0 Å². The van der Waals surface area contributed by atoms with Crippen molar-refractivity contribution in [2.75, 3.05) is 19.6 Å². The smallest absolute Gasteiger partial charge is 0.411 e. The average Bonchev–Trinajstić information content (AvgIpc) is 2.96. The Hall–Kier alpha value is -1.79. The Morgan fingerprint density at radius 3 is 2.46 bits per heavy atom. The number of hydrogen-bond acceptors (Lipinski definition) is 4. The van der Waals surface area contributed by atoms with E-state index in [1.54, 1.807) is 0 Å². The molecule has 1 aromatic carbocycles. The van der Waals surface area contributed by atoms with Crippen molar-refractivity contribution in [3.05, 3.63) is 35.9 Å². The molecule has 3 rings (SSSR count). The monoisotopic (exact) mass is 382 g/mol. The standard InChI is InChI=1S/C19H26N2O4.ClH/c1-2-19(16(22)23)13-18(8-10-20-11-9-18)14-21(19)17(24)25-12-15-6-4-3-5-7-15;/h3-7,20H,2,8-14H2,1H3,(H,22,23);1H/t19-;/m0./s1. The van der Waals surface area contributed by atoms with Gasteiger partial charge < -0.3 is 15.2 Å². The van der Waals surface area contributed by atoms with E-state index in [1.165, 1.54) is 4.90 Å². The fraction of sp³-hybridized carbons (Fsp3) is 0.579. The molecule has 26 heavy (non-hydrogen) atoms. The Bertz CT molecular complexity index is 634. The van der Waals surface area contributed by atoms with Gasteiger partial charge in [0.2, 0.25) is 0 Å². The first kappa shape index (κ1) is 20.5. The van der Waals surface area contributed by atoms with Gasteiger partial charge in [-0.2, -0.15) is 0 Å². The van der Waals surface area contributed by atoms with Gasteiger partial charge in [0.1, 0.15) is 12.1 Å². The summed E-state index contributed by atoms with van der Waals surface area (Å²) >= 11 is 0. The summed E-state index contributed by atoms with van der Waals surface area (Å²) in [4.78, 5) is 26.3. The Kier molecular flexibility index (Phi) is 6.53. The number of halogens is 1. The average molecular weight is 383 g/mol. The number of ether oxygens (including phenoxy) is 1. The zero-order valence-electron chi connectivity index (χ0n) is 15.1. The zero-order valence-corrected chi connectivity index (χ0v) is 15.9. The number of aliphatic carboxylic acids is 1. The van der Waals surface area contributed by atoms with Crippen molar-refractivity contribution in [3.8, 4) is 0 Å². The van der Waals surface area contributed by atoms with Gasteiger partial charge in [-0.15, -0.1) is 12.4 Å². The molecule has 0 aromatic heterocycles. The largest absolute Gasteiger partial charge is 0.479 e. The highest BCUT2D eigenvalue weighted by atomic mass is 35.5.